The Kier molecular flexibility index (Phi) is 4.85. The van der Waals surface area contributed by atoms with E-state index >= 15 is 0 Å². The summed E-state index contributed by atoms with van der Waals surface area (Å²) in [7, 11) is 0. The first-order chi connectivity index (χ1) is 10.9. The SMILES string of the molecule is C/C(=N\NC(=O)c1ccc(C)c(C)c1)c1cccc([N+](=O)[O-])c1. The highest BCUT2D eigenvalue weighted by Gasteiger charge is 2.09. The van der Waals surface area contributed by atoms with E-state index in [9.17, 15) is 14.9 Å². The number of amides is 1. The highest BCUT2D eigenvalue weighted by molar-refractivity contribution is 6.01. The Hall–Kier alpha value is -3.02. The molecule has 0 bridgehead atoms. The van der Waals surface area contributed by atoms with E-state index in [1.165, 1.54) is 12.1 Å². The monoisotopic (exact) mass is 311 g/mol. The summed E-state index contributed by atoms with van der Waals surface area (Å²) in [5.41, 5.74) is 6.18. The fourth-order valence-corrected chi connectivity index (χ4v) is 1.99. The van der Waals surface area contributed by atoms with Crippen LogP contribution in [0.1, 0.15) is 34.0 Å². The third-order valence-corrected chi connectivity index (χ3v) is 3.57. The molecule has 1 amide bonds. The number of non-ortho nitro benzene ring substituents is 1. The van der Waals surface area contributed by atoms with Crippen molar-refractivity contribution in [3.05, 3.63) is 74.8 Å². The van der Waals surface area contributed by atoms with Gasteiger partial charge in [-0.15, -0.1) is 0 Å². The number of nitrogens with zero attached hydrogens (tertiary/aromatic N) is 2. The average Bonchev–Trinajstić information content (AvgIpc) is 2.54. The Labute approximate surface area is 134 Å². The van der Waals surface area contributed by atoms with Crippen LogP contribution in [0.15, 0.2) is 47.6 Å². The number of rotatable bonds is 4. The van der Waals surface area contributed by atoms with Gasteiger partial charge in [-0.1, -0.05) is 18.2 Å². The second-order valence-electron chi connectivity index (χ2n) is 5.24. The number of carbonyl (C=O) groups excluding carboxylic acids is 1. The van der Waals surface area contributed by atoms with Crippen molar-refractivity contribution in [1.29, 1.82) is 0 Å². The molecule has 118 valence electrons. The lowest BCUT2D eigenvalue weighted by atomic mass is 10.1. The van der Waals surface area contributed by atoms with Crippen LogP contribution in [0.25, 0.3) is 0 Å². The summed E-state index contributed by atoms with van der Waals surface area (Å²) in [6.45, 7) is 5.59. The molecule has 0 heterocycles. The number of aryl methyl sites for hydroxylation is 2. The summed E-state index contributed by atoms with van der Waals surface area (Å²) >= 11 is 0. The number of nitro groups is 1. The Bertz CT molecular complexity index is 797. The van der Waals surface area contributed by atoms with Gasteiger partial charge in [0.05, 0.1) is 10.6 Å². The zero-order valence-corrected chi connectivity index (χ0v) is 13.2. The third-order valence-electron chi connectivity index (χ3n) is 3.57. The van der Waals surface area contributed by atoms with Gasteiger partial charge >= 0.3 is 0 Å². The van der Waals surface area contributed by atoms with Crippen molar-refractivity contribution >= 4 is 17.3 Å². The van der Waals surface area contributed by atoms with E-state index in [-0.39, 0.29) is 11.6 Å². The summed E-state index contributed by atoms with van der Waals surface area (Å²) in [4.78, 5) is 22.4. The molecule has 0 aromatic heterocycles. The number of nitrogens with one attached hydrogen (secondary N) is 1. The molecule has 0 aliphatic carbocycles. The molecule has 0 atom stereocenters. The lowest BCUT2D eigenvalue weighted by Crippen LogP contribution is -2.19. The van der Waals surface area contributed by atoms with Crippen LogP contribution in [-0.2, 0) is 0 Å². The molecule has 0 radical (unpaired) electrons. The van der Waals surface area contributed by atoms with E-state index in [4.69, 9.17) is 0 Å². The van der Waals surface area contributed by atoms with Crippen molar-refractivity contribution in [3.63, 3.8) is 0 Å². The molecule has 2 rings (SSSR count). The summed E-state index contributed by atoms with van der Waals surface area (Å²) in [5.74, 6) is -0.321. The molecule has 0 spiro atoms. The van der Waals surface area contributed by atoms with Crippen molar-refractivity contribution in [2.75, 3.05) is 0 Å². The second-order valence-corrected chi connectivity index (χ2v) is 5.24. The third kappa shape index (κ3) is 4.00. The fourth-order valence-electron chi connectivity index (χ4n) is 1.99. The molecule has 2 aromatic rings. The zero-order chi connectivity index (χ0) is 17.0. The summed E-state index contributed by atoms with van der Waals surface area (Å²) in [5, 5.41) is 14.8. The summed E-state index contributed by atoms with van der Waals surface area (Å²) in [6.07, 6.45) is 0. The molecule has 0 saturated carbocycles. The minimum Gasteiger partial charge on any atom is -0.267 e. The minimum absolute atomic E-state index is 0.0162. The first-order valence-electron chi connectivity index (χ1n) is 7.05. The molecular weight excluding hydrogens is 294 g/mol. The number of benzene rings is 2. The van der Waals surface area contributed by atoms with Crippen LogP contribution in [-0.4, -0.2) is 16.5 Å². The first-order valence-corrected chi connectivity index (χ1v) is 7.05. The maximum atomic E-state index is 12.1. The van der Waals surface area contributed by atoms with Gasteiger partial charge in [0, 0.05) is 23.3 Å². The van der Waals surface area contributed by atoms with Gasteiger partial charge in [-0.2, -0.15) is 5.10 Å². The van der Waals surface area contributed by atoms with Crippen LogP contribution < -0.4 is 5.43 Å². The first kappa shape index (κ1) is 16.4. The Morgan fingerprint density at radius 3 is 2.48 bits per heavy atom. The molecule has 6 nitrogen and oxygen atoms in total. The van der Waals surface area contributed by atoms with E-state index in [1.807, 2.05) is 19.9 Å². The summed E-state index contributed by atoms with van der Waals surface area (Å²) in [6, 6.07) is 11.5. The quantitative estimate of drug-likeness (QED) is 0.533. The molecule has 23 heavy (non-hydrogen) atoms. The topological polar surface area (TPSA) is 84.6 Å². The highest BCUT2D eigenvalue weighted by Crippen LogP contribution is 2.14. The maximum absolute atomic E-state index is 12.1. The van der Waals surface area contributed by atoms with E-state index in [2.05, 4.69) is 10.5 Å². The molecule has 1 N–H and O–H groups in total. The van der Waals surface area contributed by atoms with Gasteiger partial charge in [0.1, 0.15) is 0 Å². The normalized spacial score (nSPS) is 11.2. The maximum Gasteiger partial charge on any atom is 0.271 e. The average molecular weight is 311 g/mol. The van der Waals surface area contributed by atoms with Crippen LogP contribution >= 0.6 is 0 Å². The molecule has 0 unspecified atom stereocenters. The highest BCUT2D eigenvalue weighted by atomic mass is 16.6. The second kappa shape index (κ2) is 6.83. The van der Waals surface area contributed by atoms with Crippen molar-refractivity contribution in [1.82, 2.24) is 5.43 Å². The Morgan fingerprint density at radius 1 is 1.09 bits per heavy atom. The standard InChI is InChI=1S/C17H17N3O3/c1-11-7-8-15(9-12(11)2)17(21)19-18-13(3)14-5-4-6-16(10-14)20(22)23/h4-10H,1-3H3,(H,19,21)/b18-13+. The predicted molar refractivity (Wildman–Crippen MR) is 88.7 cm³/mol. The van der Waals surface area contributed by atoms with Crippen LogP contribution in [0.2, 0.25) is 0 Å². The Balaban J connectivity index is 2.15. The molecular formula is C17H17N3O3. The lowest BCUT2D eigenvalue weighted by molar-refractivity contribution is -0.384. The molecule has 2 aromatic carbocycles. The minimum atomic E-state index is -0.468. The van der Waals surface area contributed by atoms with Gasteiger partial charge < -0.3 is 0 Å². The van der Waals surface area contributed by atoms with Crippen LogP contribution in [0.3, 0.4) is 0 Å². The van der Waals surface area contributed by atoms with Gasteiger partial charge in [-0.05, 0) is 44.0 Å². The van der Waals surface area contributed by atoms with Crippen molar-refractivity contribution in [3.8, 4) is 0 Å². The van der Waals surface area contributed by atoms with Crippen LogP contribution in [0.4, 0.5) is 5.69 Å². The number of hydrogen-bond acceptors (Lipinski definition) is 4. The Morgan fingerprint density at radius 2 is 1.83 bits per heavy atom. The number of hydrogen-bond donors (Lipinski definition) is 1. The van der Waals surface area contributed by atoms with Crippen molar-refractivity contribution < 1.29 is 9.72 Å². The number of carbonyl (C=O) groups is 1. The summed E-state index contributed by atoms with van der Waals surface area (Å²) < 4.78 is 0. The van der Waals surface area contributed by atoms with E-state index in [0.717, 1.165) is 11.1 Å². The van der Waals surface area contributed by atoms with Crippen LogP contribution in [0.5, 0.6) is 0 Å². The van der Waals surface area contributed by atoms with E-state index < -0.39 is 4.92 Å². The van der Waals surface area contributed by atoms with E-state index in [1.54, 1.807) is 31.2 Å². The number of nitro benzene ring substituents is 1. The van der Waals surface area contributed by atoms with Gasteiger partial charge in [0.25, 0.3) is 11.6 Å². The molecule has 0 aliphatic rings. The molecule has 6 heteroatoms. The molecule has 0 fully saturated rings. The fraction of sp³-hybridized carbons (Fsp3) is 0.176. The molecule has 0 aliphatic heterocycles. The van der Waals surface area contributed by atoms with Crippen molar-refractivity contribution in [2.24, 2.45) is 5.10 Å². The van der Waals surface area contributed by atoms with Crippen LogP contribution in [0, 0.1) is 24.0 Å². The van der Waals surface area contributed by atoms with E-state index in [0.29, 0.717) is 16.8 Å². The van der Waals surface area contributed by atoms with Crippen molar-refractivity contribution in [2.45, 2.75) is 20.8 Å². The van der Waals surface area contributed by atoms with Gasteiger partial charge in [0.2, 0.25) is 0 Å². The van der Waals surface area contributed by atoms with Gasteiger partial charge in [-0.3, -0.25) is 14.9 Å². The largest absolute Gasteiger partial charge is 0.271 e. The smallest absolute Gasteiger partial charge is 0.267 e. The van der Waals surface area contributed by atoms with Gasteiger partial charge in [-0.25, -0.2) is 5.43 Å². The predicted octanol–water partition coefficient (Wildman–Crippen LogP) is 3.37. The number of hydrazone groups is 1. The molecule has 0 saturated heterocycles. The lowest BCUT2D eigenvalue weighted by Gasteiger charge is -2.05. The van der Waals surface area contributed by atoms with Gasteiger partial charge in [0.15, 0.2) is 0 Å². The zero-order valence-electron chi connectivity index (χ0n) is 13.2.